The third kappa shape index (κ3) is 2.26. The highest BCUT2D eigenvalue weighted by molar-refractivity contribution is 5.50. The molecule has 0 bridgehead atoms. The van der Waals surface area contributed by atoms with Gasteiger partial charge in [0.05, 0.1) is 0 Å². The highest BCUT2D eigenvalue weighted by Gasteiger charge is 2.26. The van der Waals surface area contributed by atoms with Crippen LogP contribution in [0.2, 0.25) is 0 Å². The summed E-state index contributed by atoms with van der Waals surface area (Å²) in [4.78, 5) is 0. The van der Waals surface area contributed by atoms with Crippen molar-refractivity contribution in [3.63, 3.8) is 0 Å². The predicted molar refractivity (Wildman–Crippen MR) is 74.4 cm³/mol. The molecule has 2 rings (SSSR count). The second kappa shape index (κ2) is 4.45. The van der Waals surface area contributed by atoms with Gasteiger partial charge in [0, 0.05) is 6.04 Å². The van der Waals surface area contributed by atoms with Gasteiger partial charge >= 0.3 is 0 Å². The van der Waals surface area contributed by atoms with Gasteiger partial charge in [0.15, 0.2) is 0 Å². The van der Waals surface area contributed by atoms with Crippen LogP contribution in [0.3, 0.4) is 0 Å². The molecule has 1 aromatic rings. The first-order valence-electron chi connectivity index (χ1n) is 6.76. The minimum Gasteiger partial charge on any atom is -0.324 e. The van der Waals surface area contributed by atoms with Gasteiger partial charge in [-0.05, 0) is 80.3 Å². The van der Waals surface area contributed by atoms with Gasteiger partial charge in [0.25, 0.3) is 0 Å². The summed E-state index contributed by atoms with van der Waals surface area (Å²) >= 11 is 0. The standard InChI is InChI=1S/C16H25N/c1-9-10(2)12(4)16(13(5)11(9)3)15(17)8-14-6-7-14/h14-15H,6-8,17H2,1-5H3/t15-/m1/s1. The molecule has 1 nitrogen and oxygen atoms in total. The maximum atomic E-state index is 6.43. The molecule has 1 aromatic carbocycles. The lowest BCUT2D eigenvalue weighted by atomic mass is 9.85. The highest BCUT2D eigenvalue weighted by atomic mass is 14.6. The molecule has 0 aliphatic heterocycles. The Kier molecular flexibility index (Phi) is 3.31. The Balaban J connectivity index is 2.44. The van der Waals surface area contributed by atoms with Gasteiger partial charge in [-0.1, -0.05) is 12.8 Å². The van der Waals surface area contributed by atoms with E-state index in [2.05, 4.69) is 34.6 Å². The smallest absolute Gasteiger partial charge is 0.0302 e. The first kappa shape index (κ1) is 12.6. The molecule has 1 aliphatic carbocycles. The zero-order chi connectivity index (χ0) is 12.7. The largest absolute Gasteiger partial charge is 0.324 e. The molecule has 2 N–H and O–H groups in total. The first-order chi connectivity index (χ1) is 7.93. The van der Waals surface area contributed by atoms with Crippen LogP contribution in [-0.4, -0.2) is 0 Å². The normalized spacial score (nSPS) is 17.3. The summed E-state index contributed by atoms with van der Waals surface area (Å²) in [6.07, 6.45) is 3.94. The van der Waals surface area contributed by atoms with Crippen LogP contribution in [0.1, 0.15) is 58.7 Å². The lowest BCUT2D eigenvalue weighted by Crippen LogP contribution is -2.16. The summed E-state index contributed by atoms with van der Waals surface area (Å²) < 4.78 is 0. The van der Waals surface area contributed by atoms with E-state index in [0.29, 0.717) is 0 Å². The van der Waals surface area contributed by atoms with Crippen LogP contribution in [0.5, 0.6) is 0 Å². The zero-order valence-electron chi connectivity index (χ0n) is 11.9. The molecular formula is C16H25N. The fourth-order valence-electron chi connectivity index (χ4n) is 2.92. The van der Waals surface area contributed by atoms with E-state index in [1.165, 1.54) is 52.6 Å². The Labute approximate surface area is 105 Å². The van der Waals surface area contributed by atoms with Crippen LogP contribution in [0, 0.1) is 40.5 Å². The minimum absolute atomic E-state index is 0.237. The van der Waals surface area contributed by atoms with Crippen molar-refractivity contribution < 1.29 is 0 Å². The number of hydrogen-bond acceptors (Lipinski definition) is 1. The molecule has 1 atom stereocenters. The third-order valence-electron chi connectivity index (χ3n) is 4.71. The molecule has 0 saturated heterocycles. The molecule has 0 unspecified atom stereocenters. The average molecular weight is 231 g/mol. The number of benzene rings is 1. The van der Waals surface area contributed by atoms with Crippen molar-refractivity contribution >= 4 is 0 Å². The monoisotopic (exact) mass is 231 g/mol. The second-order valence-electron chi connectivity index (χ2n) is 5.82. The SMILES string of the molecule is Cc1c(C)c(C)c([C@H](N)CC2CC2)c(C)c1C. The van der Waals surface area contributed by atoms with Crippen molar-refractivity contribution in [1.29, 1.82) is 0 Å². The maximum Gasteiger partial charge on any atom is 0.0302 e. The molecule has 0 radical (unpaired) electrons. The molecular weight excluding hydrogens is 206 g/mol. The summed E-state index contributed by atoms with van der Waals surface area (Å²) in [6.45, 7) is 11.1. The van der Waals surface area contributed by atoms with Crippen LogP contribution in [-0.2, 0) is 0 Å². The van der Waals surface area contributed by atoms with E-state index in [1.807, 2.05) is 0 Å². The number of hydrogen-bond donors (Lipinski definition) is 1. The molecule has 1 aliphatic rings. The summed E-state index contributed by atoms with van der Waals surface area (Å²) in [5.41, 5.74) is 15.0. The Bertz CT molecular complexity index is 412. The first-order valence-corrected chi connectivity index (χ1v) is 6.76. The third-order valence-corrected chi connectivity index (χ3v) is 4.71. The van der Waals surface area contributed by atoms with Crippen molar-refractivity contribution in [3.8, 4) is 0 Å². The van der Waals surface area contributed by atoms with Crippen molar-refractivity contribution in [3.05, 3.63) is 33.4 Å². The Hall–Kier alpha value is -0.820. The van der Waals surface area contributed by atoms with E-state index in [9.17, 15) is 0 Å². The van der Waals surface area contributed by atoms with Crippen LogP contribution >= 0.6 is 0 Å². The highest BCUT2D eigenvalue weighted by Crippen LogP contribution is 2.39. The minimum atomic E-state index is 0.237. The van der Waals surface area contributed by atoms with Crippen molar-refractivity contribution in [1.82, 2.24) is 0 Å². The summed E-state index contributed by atoms with van der Waals surface area (Å²) in [6, 6.07) is 0.237. The van der Waals surface area contributed by atoms with Crippen molar-refractivity contribution in [2.24, 2.45) is 11.7 Å². The fourth-order valence-corrected chi connectivity index (χ4v) is 2.92. The zero-order valence-corrected chi connectivity index (χ0v) is 11.9. The summed E-state index contributed by atoms with van der Waals surface area (Å²) in [5, 5.41) is 0. The molecule has 1 saturated carbocycles. The molecule has 0 heterocycles. The van der Waals surface area contributed by atoms with Gasteiger partial charge in [-0.25, -0.2) is 0 Å². The quantitative estimate of drug-likeness (QED) is 0.835. The average Bonchev–Trinajstić information content (AvgIpc) is 3.08. The van der Waals surface area contributed by atoms with E-state index in [4.69, 9.17) is 5.73 Å². The Morgan fingerprint density at radius 2 is 1.29 bits per heavy atom. The summed E-state index contributed by atoms with van der Waals surface area (Å²) in [7, 11) is 0. The van der Waals surface area contributed by atoms with Gasteiger partial charge in [0.2, 0.25) is 0 Å². The number of rotatable bonds is 3. The fraction of sp³-hybridized carbons (Fsp3) is 0.625. The van der Waals surface area contributed by atoms with Crippen molar-refractivity contribution in [2.75, 3.05) is 0 Å². The van der Waals surface area contributed by atoms with Crippen molar-refractivity contribution in [2.45, 2.75) is 59.9 Å². The van der Waals surface area contributed by atoms with Gasteiger partial charge < -0.3 is 5.73 Å². The van der Waals surface area contributed by atoms with E-state index >= 15 is 0 Å². The molecule has 0 amide bonds. The van der Waals surface area contributed by atoms with Gasteiger partial charge in [-0.3, -0.25) is 0 Å². The van der Waals surface area contributed by atoms with E-state index in [-0.39, 0.29) is 6.04 Å². The van der Waals surface area contributed by atoms with Gasteiger partial charge in [-0.15, -0.1) is 0 Å². The molecule has 0 spiro atoms. The second-order valence-corrected chi connectivity index (χ2v) is 5.82. The number of nitrogens with two attached hydrogens (primary N) is 1. The van der Waals surface area contributed by atoms with Crippen LogP contribution in [0.25, 0.3) is 0 Å². The van der Waals surface area contributed by atoms with Crippen LogP contribution in [0.15, 0.2) is 0 Å². The van der Waals surface area contributed by atoms with Gasteiger partial charge in [-0.2, -0.15) is 0 Å². The molecule has 0 aromatic heterocycles. The van der Waals surface area contributed by atoms with E-state index < -0.39 is 0 Å². The molecule has 1 heteroatoms. The lowest BCUT2D eigenvalue weighted by molar-refractivity contribution is 0.590. The van der Waals surface area contributed by atoms with E-state index in [0.717, 1.165) is 5.92 Å². The Morgan fingerprint density at radius 3 is 1.71 bits per heavy atom. The topological polar surface area (TPSA) is 26.0 Å². The van der Waals surface area contributed by atoms with Gasteiger partial charge in [0.1, 0.15) is 0 Å². The summed E-state index contributed by atoms with van der Waals surface area (Å²) in [5.74, 6) is 0.894. The maximum absolute atomic E-state index is 6.43. The molecule has 1 fully saturated rings. The van der Waals surface area contributed by atoms with Crippen LogP contribution in [0.4, 0.5) is 0 Å². The molecule has 17 heavy (non-hydrogen) atoms. The molecule has 94 valence electrons. The van der Waals surface area contributed by atoms with Crippen LogP contribution < -0.4 is 5.73 Å². The Morgan fingerprint density at radius 1 is 0.882 bits per heavy atom. The van der Waals surface area contributed by atoms with E-state index in [1.54, 1.807) is 0 Å². The predicted octanol–water partition coefficient (Wildman–Crippen LogP) is 4.03. The lowest BCUT2D eigenvalue weighted by Gasteiger charge is -2.23.